The van der Waals surface area contributed by atoms with E-state index in [0.717, 1.165) is 23.6 Å². The van der Waals surface area contributed by atoms with E-state index in [-0.39, 0.29) is 0 Å². The van der Waals surface area contributed by atoms with E-state index in [9.17, 15) is 0 Å². The number of aryl methyl sites for hydroxylation is 1. The lowest BCUT2D eigenvalue weighted by molar-refractivity contribution is 1.06. The number of nitrogens with zero attached hydrogens (tertiary/aromatic N) is 3. The molecule has 0 aliphatic rings. The summed E-state index contributed by atoms with van der Waals surface area (Å²) in [6, 6.07) is 14.0. The lowest BCUT2D eigenvalue weighted by Crippen LogP contribution is -2.06. The molecule has 0 radical (unpaired) electrons. The zero-order valence-corrected chi connectivity index (χ0v) is 12.3. The number of benzene rings is 1. The third kappa shape index (κ3) is 3.58. The SMILES string of the molecule is Cc1cnc(Nc2ccncc2)nc1NCc1ccccc1. The van der Waals surface area contributed by atoms with Gasteiger partial charge < -0.3 is 10.6 Å². The molecule has 22 heavy (non-hydrogen) atoms. The first-order valence-electron chi connectivity index (χ1n) is 7.10. The molecule has 0 saturated carbocycles. The average molecular weight is 291 g/mol. The molecule has 0 unspecified atom stereocenters. The van der Waals surface area contributed by atoms with Gasteiger partial charge in [0, 0.05) is 36.4 Å². The maximum absolute atomic E-state index is 4.53. The maximum Gasteiger partial charge on any atom is 0.229 e. The summed E-state index contributed by atoms with van der Waals surface area (Å²) in [5, 5.41) is 6.52. The summed E-state index contributed by atoms with van der Waals surface area (Å²) in [6.07, 6.45) is 5.26. The van der Waals surface area contributed by atoms with Crippen molar-refractivity contribution in [3.8, 4) is 0 Å². The van der Waals surface area contributed by atoms with E-state index in [4.69, 9.17) is 0 Å². The van der Waals surface area contributed by atoms with Crippen LogP contribution in [0.25, 0.3) is 0 Å². The van der Waals surface area contributed by atoms with Crippen molar-refractivity contribution in [2.45, 2.75) is 13.5 Å². The Balaban J connectivity index is 1.72. The molecule has 2 heterocycles. The Kier molecular flexibility index (Phi) is 4.25. The van der Waals surface area contributed by atoms with Gasteiger partial charge in [0.25, 0.3) is 0 Å². The van der Waals surface area contributed by atoms with Crippen molar-refractivity contribution in [3.05, 3.63) is 72.2 Å². The number of anilines is 3. The first kappa shape index (κ1) is 14.0. The third-order valence-corrected chi connectivity index (χ3v) is 3.21. The Bertz CT molecular complexity index is 729. The van der Waals surface area contributed by atoms with E-state index in [1.807, 2.05) is 43.5 Å². The number of nitrogens with one attached hydrogen (secondary N) is 2. The van der Waals surface area contributed by atoms with Gasteiger partial charge in [-0.05, 0) is 24.6 Å². The van der Waals surface area contributed by atoms with Crippen LogP contribution in [-0.2, 0) is 6.54 Å². The van der Waals surface area contributed by atoms with Crippen molar-refractivity contribution < 1.29 is 0 Å². The second kappa shape index (κ2) is 6.67. The Hall–Kier alpha value is -2.95. The molecule has 0 bridgehead atoms. The molecule has 0 amide bonds. The molecule has 3 aromatic rings. The molecule has 5 heteroatoms. The molecule has 2 N–H and O–H groups in total. The quantitative estimate of drug-likeness (QED) is 0.753. The highest BCUT2D eigenvalue weighted by atomic mass is 15.1. The van der Waals surface area contributed by atoms with E-state index >= 15 is 0 Å². The van der Waals surface area contributed by atoms with Crippen LogP contribution in [0.4, 0.5) is 17.5 Å². The van der Waals surface area contributed by atoms with Crippen molar-refractivity contribution >= 4 is 17.5 Å². The van der Waals surface area contributed by atoms with Gasteiger partial charge in [0.2, 0.25) is 5.95 Å². The highest BCUT2D eigenvalue weighted by Crippen LogP contribution is 2.17. The molecule has 0 aliphatic carbocycles. The molecule has 3 rings (SSSR count). The fourth-order valence-corrected chi connectivity index (χ4v) is 2.03. The zero-order valence-electron chi connectivity index (χ0n) is 12.3. The predicted molar refractivity (Wildman–Crippen MR) is 88.1 cm³/mol. The maximum atomic E-state index is 4.53. The van der Waals surface area contributed by atoms with Crippen LogP contribution in [-0.4, -0.2) is 15.0 Å². The van der Waals surface area contributed by atoms with Crippen LogP contribution in [0.5, 0.6) is 0 Å². The van der Waals surface area contributed by atoms with E-state index in [1.54, 1.807) is 12.4 Å². The Morgan fingerprint density at radius 2 is 1.77 bits per heavy atom. The van der Waals surface area contributed by atoms with Gasteiger partial charge in [-0.15, -0.1) is 0 Å². The van der Waals surface area contributed by atoms with E-state index in [1.165, 1.54) is 5.56 Å². The molecule has 5 nitrogen and oxygen atoms in total. The van der Waals surface area contributed by atoms with Crippen LogP contribution in [0, 0.1) is 6.92 Å². The Morgan fingerprint density at radius 3 is 2.55 bits per heavy atom. The van der Waals surface area contributed by atoms with Crippen molar-refractivity contribution in [2.75, 3.05) is 10.6 Å². The smallest absolute Gasteiger partial charge is 0.229 e. The predicted octanol–water partition coefficient (Wildman–Crippen LogP) is 3.54. The molecule has 110 valence electrons. The van der Waals surface area contributed by atoms with Crippen LogP contribution in [0.15, 0.2) is 61.1 Å². The van der Waals surface area contributed by atoms with Gasteiger partial charge in [0.15, 0.2) is 0 Å². The van der Waals surface area contributed by atoms with Gasteiger partial charge in [-0.2, -0.15) is 4.98 Å². The van der Waals surface area contributed by atoms with E-state index in [2.05, 4.69) is 37.7 Å². The minimum absolute atomic E-state index is 0.562. The van der Waals surface area contributed by atoms with Gasteiger partial charge in [-0.25, -0.2) is 4.98 Å². The summed E-state index contributed by atoms with van der Waals surface area (Å²) in [7, 11) is 0. The number of rotatable bonds is 5. The first-order chi connectivity index (χ1) is 10.8. The monoisotopic (exact) mass is 291 g/mol. The van der Waals surface area contributed by atoms with Gasteiger partial charge in [-0.1, -0.05) is 30.3 Å². The molecule has 0 fully saturated rings. The topological polar surface area (TPSA) is 62.7 Å². The summed E-state index contributed by atoms with van der Waals surface area (Å²) >= 11 is 0. The normalized spacial score (nSPS) is 10.2. The largest absolute Gasteiger partial charge is 0.366 e. The lowest BCUT2D eigenvalue weighted by Gasteiger charge is -2.11. The number of hydrogen-bond donors (Lipinski definition) is 2. The van der Waals surface area contributed by atoms with Crippen LogP contribution in [0.2, 0.25) is 0 Å². The summed E-state index contributed by atoms with van der Waals surface area (Å²) in [4.78, 5) is 12.8. The highest BCUT2D eigenvalue weighted by molar-refractivity contribution is 5.55. The van der Waals surface area contributed by atoms with E-state index < -0.39 is 0 Å². The molecule has 0 aliphatic heterocycles. The molecule has 1 aromatic carbocycles. The minimum Gasteiger partial charge on any atom is -0.366 e. The molecule has 2 aromatic heterocycles. The van der Waals surface area contributed by atoms with Crippen LogP contribution in [0.3, 0.4) is 0 Å². The fraction of sp³-hybridized carbons (Fsp3) is 0.118. The van der Waals surface area contributed by atoms with Crippen LogP contribution < -0.4 is 10.6 Å². The van der Waals surface area contributed by atoms with Crippen LogP contribution >= 0.6 is 0 Å². The van der Waals surface area contributed by atoms with Gasteiger partial charge >= 0.3 is 0 Å². The third-order valence-electron chi connectivity index (χ3n) is 3.21. The molecule has 0 atom stereocenters. The number of pyridine rings is 1. The second-order valence-electron chi connectivity index (χ2n) is 4.93. The number of hydrogen-bond acceptors (Lipinski definition) is 5. The van der Waals surface area contributed by atoms with Crippen molar-refractivity contribution in [1.82, 2.24) is 15.0 Å². The van der Waals surface area contributed by atoms with Crippen molar-refractivity contribution in [1.29, 1.82) is 0 Å². The first-order valence-corrected chi connectivity index (χ1v) is 7.10. The highest BCUT2D eigenvalue weighted by Gasteiger charge is 2.04. The van der Waals surface area contributed by atoms with Gasteiger partial charge in [0.1, 0.15) is 5.82 Å². The van der Waals surface area contributed by atoms with E-state index in [0.29, 0.717) is 5.95 Å². The molecular weight excluding hydrogens is 274 g/mol. The van der Waals surface area contributed by atoms with Gasteiger partial charge in [-0.3, -0.25) is 4.98 Å². The molecular formula is C17H17N5. The lowest BCUT2D eigenvalue weighted by atomic mass is 10.2. The van der Waals surface area contributed by atoms with Gasteiger partial charge in [0.05, 0.1) is 0 Å². The minimum atomic E-state index is 0.562. The summed E-state index contributed by atoms with van der Waals surface area (Å²) in [6.45, 7) is 2.72. The van der Waals surface area contributed by atoms with Crippen molar-refractivity contribution in [2.24, 2.45) is 0 Å². The molecule has 0 saturated heterocycles. The number of aromatic nitrogens is 3. The Morgan fingerprint density at radius 1 is 1.00 bits per heavy atom. The standard InChI is InChI=1S/C17H17N5/c1-13-11-20-17(21-15-7-9-18-10-8-15)22-16(13)19-12-14-5-3-2-4-6-14/h2-11H,12H2,1H3,(H2,18,19,20,21,22). The summed E-state index contributed by atoms with van der Waals surface area (Å²) in [5.41, 5.74) is 3.13. The van der Waals surface area contributed by atoms with Crippen molar-refractivity contribution in [3.63, 3.8) is 0 Å². The second-order valence-corrected chi connectivity index (χ2v) is 4.93. The average Bonchev–Trinajstić information content (AvgIpc) is 2.57. The summed E-state index contributed by atoms with van der Waals surface area (Å²) < 4.78 is 0. The zero-order chi connectivity index (χ0) is 15.2. The molecule has 0 spiro atoms. The van der Waals surface area contributed by atoms with Crippen LogP contribution in [0.1, 0.15) is 11.1 Å². The fourth-order valence-electron chi connectivity index (χ4n) is 2.03. The summed E-state index contributed by atoms with van der Waals surface area (Å²) in [5.74, 6) is 1.39. The Labute approximate surface area is 129 Å².